The summed E-state index contributed by atoms with van der Waals surface area (Å²) in [6, 6.07) is 12.0. The molecule has 4 heteroatoms. The van der Waals surface area contributed by atoms with Gasteiger partial charge in [-0.25, -0.2) is 0 Å². The largest absolute Gasteiger partial charge is 0.455 e. The van der Waals surface area contributed by atoms with Crippen LogP contribution in [0.2, 0.25) is 5.02 Å². The average Bonchev–Trinajstić information content (AvgIpc) is 2.31. The average molecular weight is 262 g/mol. The number of carbonyl (C=O) groups is 1. The van der Waals surface area contributed by atoms with Gasteiger partial charge in [-0.1, -0.05) is 17.7 Å². The molecule has 2 rings (SSSR count). The van der Waals surface area contributed by atoms with E-state index in [2.05, 4.69) is 0 Å². The van der Waals surface area contributed by atoms with Gasteiger partial charge in [0.05, 0.1) is 5.69 Å². The van der Waals surface area contributed by atoms with Crippen molar-refractivity contribution in [2.75, 3.05) is 5.73 Å². The smallest absolute Gasteiger partial charge is 0.159 e. The first-order valence-corrected chi connectivity index (χ1v) is 5.78. The number of benzene rings is 2. The predicted octanol–water partition coefficient (Wildman–Crippen LogP) is 3.92. The molecule has 0 bridgehead atoms. The van der Waals surface area contributed by atoms with Gasteiger partial charge in [0.1, 0.15) is 11.5 Å². The van der Waals surface area contributed by atoms with Gasteiger partial charge in [0, 0.05) is 10.6 Å². The lowest BCUT2D eigenvalue weighted by molar-refractivity contribution is 0.101. The van der Waals surface area contributed by atoms with E-state index in [1.165, 1.54) is 6.92 Å². The Balaban J connectivity index is 2.27. The van der Waals surface area contributed by atoms with E-state index < -0.39 is 0 Å². The first-order chi connectivity index (χ1) is 8.56. The summed E-state index contributed by atoms with van der Waals surface area (Å²) in [5.74, 6) is 1.07. The Morgan fingerprint density at radius 3 is 2.61 bits per heavy atom. The second-order valence-corrected chi connectivity index (χ2v) is 4.30. The van der Waals surface area contributed by atoms with Crippen molar-refractivity contribution in [3.63, 3.8) is 0 Å². The minimum absolute atomic E-state index is 0.0315. The minimum atomic E-state index is -0.0315. The number of Topliss-reactive ketones (excluding diaryl/α,β-unsaturated/α-hetero) is 1. The van der Waals surface area contributed by atoms with Crippen LogP contribution in [0.5, 0.6) is 11.5 Å². The molecule has 0 heterocycles. The molecule has 0 aromatic heterocycles. The Morgan fingerprint density at radius 2 is 2.00 bits per heavy atom. The van der Waals surface area contributed by atoms with Crippen LogP contribution in [0, 0.1) is 0 Å². The summed E-state index contributed by atoms with van der Waals surface area (Å²) in [4.78, 5) is 11.2. The molecule has 0 amide bonds. The highest BCUT2D eigenvalue weighted by molar-refractivity contribution is 6.30. The summed E-state index contributed by atoms with van der Waals surface area (Å²) >= 11 is 5.86. The van der Waals surface area contributed by atoms with Gasteiger partial charge in [-0.3, -0.25) is 4.79 Å². The highest BCUT2D eigenvalue weighted by atomic mass is 35.5. The number of ether oxygens (including phenoxy) is 1. The van der Waals surface area contributed by atoms with E-state index in [0.29, 0.717) is 27.8 Å². The predicted molar refractivity (Wildman–Crippen MR) is 72.4 cm³/mol. The molecule has 18 heavy (non-hydrogen) atoms. The van der Waals surface area contributed by atoms with Crippen LogP contribution in [-0.2, 0) is 0 Å². The summed E-state index contributed by atoms with van der Waals surface area (Å²) in [5, 5.41) is 0.589. The zero-order chi connectivity index (χ0) is 13.1. The molecule has 0 fully saturated rings. The Bertz CT molecular complexity index is 596. The molecule has 0 unspecified atom stereocenters. The number of ketones is 1. The Morgan fingerprint density at radius 1 is 1.22 bits per heavy atom. The maximum absolute atomic E-state index is 11.2. The summed E-state index contributed by atoms with van der Waals surface area (Å²) in [5.41, 5.74) is 6.82. The maximum Gasteiger partial charge on any atom is 0.159 e. The van der Waals surface area contributed by atoms with Gasteiger partial charge >= 0.3 is 0 Å². The van der Waals surface area contributed by atoms with E-state index in [9.17, 15) is 4.79 Å². The molecule has 0 radical (unpaired) electrons. The lowest BCUT2D eigenvalue weighted by atomic mass is 10.1. The second-order valence-electron chi connectivity index (χ2n) is 3.87. The minimum Gasteiger partial charge on any atom is -0.455 e. The number of anilines is 1. The number of hydrogen-bond donors (Lipinski definition) is 1. The Hall–Kier alpha value is -2.00. The molecule has 0 aliphatic carbocycles. The first kappa shape index (κ1) is 12.5. The molecule has 2 aromatic rings. The monoisotopic (exact) mass is 261 g/mol. The molecule has 0 aliphatic heterocycles. The lowest BCUT2D eigenvalue weighted by Crippen LogP contribution is -1.97. The van der Waals surface area contributed by atoms with Crippen LogP contribution < -0.4 is 10.5 Å². The van der Waals surface area contributed by atoms with Gasteiger partial charge in [-0.15, -0.1) is 0 Å². The molecule has 0 atom stereocenters. The van der Waals surface area contributed by atoms with E-state index in [1.54, 1.807) is 42.5 Å². The summed E-state index contributed by atoms with van der Waals surface area (Å²) in [6.07, 6.45) is 0. The van der Waals surface area contributed by atoms with Crippen LogP contribution in [0.25, 0.3) is 0 Å². The third kappa shape index (κ3) is 2.81. The number of carbonyl (C=O) groups excluding carboxylic acids is 1. The standard InChI is InChI=1S/C14H12ClNO2/c1-9(17)10-5-6-14(13(16)7-10)18-12-4-2-3-11(15)8-12/h2-8H,16H2,1H3. The fourth-order valence-electron chi connectivity index (χ4n) is 1.52. The summed E-state index contributed by atoms with van der Waals surface area (Å²) in [6.45, 7) is 1.49. The van der Waals surface area contributed by atoms with Crippen LogP contribution in [-0.4, -0.2) is 5.78 Å². The molecule has 0 saturated carbocycles. The molecular formula is C14H12ClNO2. The van der Waals surface area contributed by atoms with Crippen LogP contribution in [0.4, 0.5) is 5.69 Å². The van der Waals surface area contributed by atoms with Crippen molar-refractivity contribution in [3.8, 4) is 11.5 Å². The van der Waals surface area contributed by atoms with Gasteiger partial charge in [0.15, 0.2) is 5.78 Å². The number of hydrogen-bond acceptors (Lipinski definition) is 3. The van der Waals surface area contributed by atoms with E-state index in [-0.39, 0.29) is 5.78 Å². The quantitative estimate of drug-likeness (QED) is 0.673. The van der Waals surface area contributed by atoms with Crippen LogP contribution >= 0.6 is 11.6 Å². The van der Waals surface area contributed by atoms with E-state index in [4.69, 9.17) is 22.1 Å². The molecule has 0 aliphatic rings. The fraction of sp³-hybridized carbons (Fsp3) is 0.0714. The van der Waals surface area contributed by atoms with E-state index in [1.807, 2.05) is 0 Å². The number of nitrogen functional groups attached to an aromatic ring is 1. The van der Waals surface area contributed by atoms with Crippen molar-refractivity contribution in [3.05, 3.63) is 53.1 Å². The fourth-order valence-corrected chi connectivity index (χ4v) is 1.70. The maximum atomic E-state index is 11.2. The highest BCUT2D eigenvalue weighted by Gasteiger charge is 2.06. The van der Waals surface area contributed by atoms with Gasteiger partial charge in [0.2, 0.25) is 0 Å². The third-order valence-electron chi connectivity index (χ3n) is 2.44. The van der Waals surface area contributed by atoms with Gasteiger partial charge < -0.3 is 10.5 Å². The van der Waals surface area contributed by atoms with Crippen LogP contribution in [0.15, 0.2) is 42.5 Å². The molecule has 2 N–H and O–H groups in total. The van der Waals surface area contributed by atoms with E-state index >= 15 is 0 Å². The van der Waals surface area contributed by atoms with Crippen molar-refractivity contribution in [2.45, 2.75) is 6.92 Å². The highest BCUT2D eigenvalue weighted by Crippen LogP contribution is 2.29. The SMILES string of the molecule is CC(=O)c1ccc(Oc2cccc(Cl)c2)c(N)c1. The van der Waals surface area contributed by atoms with Crippen molar-refractivity contribution in [1.82, 2.24) is 0 Å². The van der Waals surface area contributed by atoms with Crippen molar-refractivity contribution in [2.24, 2.45) is 0 Å². The van der Waals surface area contributed by atoms with Crippen LogP contribution in [0.3, 0.4) is 0 Å². The molecule has 92 valence electrons. The van der Waals surface area contributed by atoms with Gasteiger partial charge in [-0.2, -0.15) is 0 Å². The van der Waals surface area contributed by atoms with Gasteiger partial charge in [-0.05, 0) is 43.3 Å². The Kier molecular flexibility index (Phi) is 3.53. The summed E-state index contributed by atoms with van der Waals surface area (Å²) in [7, 11) is 0. The van der Waals surface area contributed by atoms with Crippen molar-refractivity contribution >= 4 is 23.1 Å². The molecule has 3 nitrogen and oxygen atoms in total. The first-order valence-electron chi connectivity index (χ1n) is 5.40. The van der Waals surface area contributed by atoms with E-state index in [0.717, 1.165) is 0 Å². The van der Waals surface area contributed by atoms with Crippen molar-refractivity contribution < 1.29 is 9.53 Å². The van der Waals surface area contributed by atoms with Crippen LogP contribution in [0.1, 0.15) is 17.3 Å². The topological polar surface area (TPSA) is 52.3 Å². The second kappa shape index (κ2) is 5.10. The number of nitrogens with two attached hydrogens (primary N) is 1. The van der Waals surface area contributed by atoms with Gasteiger partial charge in [0.25, 0.3) is 0 Å². The Labute approximate surface area is 110 Å². The summed E-state index contributed by atoms with van der Waals surface area (Å²) < 4.78 is 5.60. The molecule has 0 spiro atoms. The lowest BCUT2D eigenvalue weighted by Gasteiger charge is -2.09. The third-order valence-corrected chi connectivity index (χ3v) is 2.68. The number of halogens is 1. The molecule has 2 aromatic carbocycles. The number of rotatable bonds is 3. The normalized spacial score (nSPS) is 10.1. The van der Waals surface area contributed by atoms with Crippen molar-refractivity contribution in [1.29, 1.82) is 0 Å². The zero-order valence-corrected chi connectivity index (χ0v) is 10.6. The molecular weight excluding hydrogens is 250 g/mol. The molecule has 0 saturated heterocycles. The zero-order valence-electron chi connectivity index (χ0n) is 9.81.